The lowest BCUT2D eigenvalue weighted by atomic mass is 9.93. The molecular formula is C18H30N2. The fourth-order valence-corrected chi connectivity index (χ4v) is 3.09. The molecule has 20 heavy (non-hydrogen) atoms. The largest absolute Gasteiger partial charge is 0.384 e. The molecule has 0 amide bonds. The number of unbranched alkanes of at least 4 members (excludes halogenated alkanes) is 1. The van der Waals surface area contributed by atoms with E-state index in [1.54, 1.807) is 0 Å². The summed E-state index contributed by atoms with van der Waals surface area (Å²) >= 11 is 0. The molecule has 0 spiro atoms. The highest BCUT2D eigenvalue weighted by Crippen LogP contribution is 2.23. The molecule has 0 aromatic heterocycles. The number of anilines is 1. The fourth-order valence-electron chi connectivity index (χ4n) is 3.09. The minimum atomic E-state index is 0.730. The van der Waals surface area contributed by atoms with Crippen LogP contribution in [0.15, 0.2) is 24.3 Å². The third kappa shape index (κ3) is 4.52. The molecule has 2 heteroatoms. The number of para-hydroxylation sites is 1. The Hall–Kier alpha value is -1.02. The summed E-state index contributed by atoms with van der Waals surface area (Å²) in [7, 11) is 0. The summed E-state index contributed by atoms with van der Waals surface area (Å²) in [6.07, 6.45) is 6.59. The van der Waals surface area contributed by atoms with E-state index in [1.165, 1.54) is 49.9 Å². The molecule has 0 bridgehead atoms. The van der Waals surface area contributed by atoms with Crippen molar-refractivity contribution in [1.29, 1.82) is 0 Å². The van der Waals surface area contributed by atoms with Crippen molar-refractivity contribution in [1.82, 2.24) is 5.32 Å². The summed E-state index contributed by atoms with van der Waals surface area (Å²) in [5.74, 6) is 1.59. The first-order chi connectivity index (χ1) is 9.83. The van der Waals surface area contributed by atoms with E-state index in [1.807, 2.05) is 0 Å². The molecule has 2 rings (SSSR count). The maximum Gasteiger partial charge on any atom is 0.0372 e. The SMILES string of the molecule is CCCCC(CC)CNCC1CNc2ccccc2C1. The maximum absolute atomic E-state index is 3.71. The van der Waals surface area contributed by atoms with Crippen LogP contribution in [-0.2, 0) is 6.42 Å². The first kappa shape index (κ1) is 15.4. The van der Waals surface area contributed by atoms with Gasteiger partial charge >= 0.3 is 0 Å². The van der Waals surface area contributed by atoms with Gasteiger partial charge in [0.25, 0.3) is 0 Å². The van der Waals surface area contributed by atoms with E-state index in [-0.39, 0.29) is 0 Å². The number of hydrogen-bond donors (Lipinski definition) is 2. The van der Waals surface area contributed by atoms with Gasteiger partial charge in [0.2, 0.25) is 0 Å². The van der Waals surface area contributed by atoms with Crippen LogP contribution in [0.5, 0.6) is 0 Å². The van der Waals surface area contributed by atoms with E-state index in [4.69, 9.17) is 0 Å². The highest BCUT2D eigenvalue weighted by molar-refractivity contribution is 5.53. The first-order valence-electron chi connectivity index (χ1n) is 8.36. The van der Waals surface area contributed by atoms with Gasteiger partial charge in [-0.05, 0) is 49.4 Å². The van der Waals surface area contributed by atoms with Crippen LogP contribution >= 0.6 is 0 Å². The molecule has 0 aliphatic carbocycles. The molecule has 1 aromatic rings. The van der Waals surface area contributed by atoms with Crippen molar-refractivity contribution < 1.29 is 0 Å². The predicted molar refractivity (Wildman–Crippen MR) is 88.3 cm³/mol. The Morgan fingerprint density at radius 1 is 1.30 bits per heavy atom. The molecule has 0 fully saturated rings. The number of fused-ring (bicyclic) bond motifs is 1. The normalized spacial score (nSPS) is 19.2. The molecule has 0 saturated carbocycles. The van der Waals surface area contributed by atoms with Crippen LogP contribution in [0.2, 0.25) is 0 Å². The molecule has 112 valence electrons. The van der Waals surface area contributed by atoms with E-state index in [2.05, 4.69) is 48.7 Å². The quantitative estimate of drug-likeness (QED) is 0.746. The molecule has 2 nitrogen and oxygen atoms in total. The standard InChI is InChI=1S/C18H30N2/c1-3-5-8-15(4-2)12-19-13-16-11-17-9-6-7-10-18(17)20-14-16/h6-7,9-10,15-16,19-20H,3-5,8,11-14H2,1-2H3. The summed E-state index contributed by atoms with van der Waals surface area (Å²) in [4.78, 5) is 0. The van der Waals surface area contributed by atoms with Crippen LogP contribution in [-0.4, -0.2) is 19.6 Å². The third-order valence-electron chi connectivity index (χ3n) is 4.52. The lowest BCUT2D eigenvalue weighted by Gasteiger charge is -2.27. The molecule has 1 aromatic carbocycles. The monoisotopic (exact) mass is 274 g/mol. The molecule has 2 N–H and O–H groups in total. The molecule has 0 radical (unpaired) electrons. The van der Waals surface area contributed by atoms with Crippen LogP contribution < -0.4 is 10.6 Å². The summed E-state index contributed by atoms with van der Waals surface area (Å²) < 4.78 is 0. The van der Waals surface area contributed by atoms with Gasteiger partial charge in [0.1, 0.15) is 0 Å². The van der Waals surface area contributed by atoms with Crippen molar-refractivity contribution in [3.05, 3.63) is 29.8 Å². The van der Waals surface area contributed by atoms with Gasteiger partial charge in [-0.1, -0.05) is 51.3 Å². The predicted octanol–water partition coefficient (Wildman–Crippen LogP) is 4.08. The second kappa shape index (κ2) is 8.31. The summed E-state index contributed by atoms with van der Waals surface area (Å²) in [6, 6.07) is 8.71. The van der Waals surface area contributed by atoms with E-state index in [0.29, 0.717) is 0 Å². The van der Waals surface area contributed by atoms with Crippen molar-refractivity contribution in [2.75, 3.05) is 25.0 Å². The molecule has 0 saturated heterocycles. The van der Waals surface area contributed by atoms with Crippen LogP contribution in [0.25, 0.3) is 0 Å². The van der Waals surface area contributed by atoms with Gasteiger partial charge in [-0.3, -0.25) is 0 Å². The molecular weight excluding hydrogens is 244 g/mol. The number of benzene rings is 1. The molecule has 2 atom stereocenters. The van der Waals surface area contributed by atoms with Gasteiger partial charge in [0, 0.05) is 12.2 Å². The Kier molecular flexibility index (Phi) is 6.38. The van der Waals surface area contributed by atoms with Gasteiger partial charge in [0.05, 0.1) is 0 Å². The average molecular weight is 274 g/mol. The topological polar surface area (TPSA) is 24.1 Å². The summed E-state index contributed by atoms with van der Waals surface area (Å²) in [5.41, 5.74) is 2.81. The highest BCUT2D eigenvalue weighted by atomic mass is 14.9. The zero-order valence-electron chi connectivity index (χ0n) is 13.1. The van der Waals surface area contributed by atoms with Crippen LogP contribution in [0, 0.1) is 11.8 Å². The first-order valence-corrected chi connectivity index (χ1v) is 8.36. The number of hydrogen-bond acceptors (Lipinski definition) is 2. The van der Waals surface area contributed by atoms with E-state index in [9.17, 15) is 0 Å². The van der Waals surface area contributed by atoms with E-state index >= 15 is 0 Å². The highest BCUT2D eigenvalue weighted by Gasteiger charge is 2.17. The van der Waals surface area contributed by atoms with Crippen molar-refractivity contribution in [2.45, 2.75) is 46.0 Å². The Bertz CT molecular complexity index is 389. The van der Waals surface area contributed by atoms with Gasteiger partial charge in [-0.15, -0.1) is 0 Å². The van der Waals surface area contributed by atoms with Crippen LogP contribution in [0.3, 0.4) is 0 Å². The molecule has 1 heterocycles. The zero-order valence-corrected chi connectivity index (χ0v) is 13.1. The van der Waals surface area contributed by atoms with Crippen molar-refractivity contribution in [2.24, 2.45) is 11.8 Å². The number of rotatable bonds is 8. The Morgan fingerprint density at radius 2 is 2.15 bits per heavy atom. The Labute approximate surface area is 124 Å². The smallest absolute Gasteiger partial charge is 0.0372 e. The van der Waals surface area contributed by atoms with Gasteiger partial charge in [-0.25, -0.2) is 0 Å². The maximum atomic E-state index is 3.71. The van der Waals surface area contributed by atoms with E-state index in [0.717, 1.165) is 24.9 Å². The lowest BCUT2D eigenvalue weighted by Crippen LogP contribution is -2.34. The lowest BCUT2D eigenvalue weighted by molar-refractivity contribution is 0.393. The second-order valence-corrected chi connectivity index (χ2v) is 6.18. The van der Waals surface area contributed by atoms with Gasteiger partial charge in [-0.2, -0.15) is 0 Å². The summed E-state index contributed by atoms with van der Waals surface area (Å²) in [5, 5.41) is 7.26. The minimum Gasteiger partial charge on any atom is -0.384 e. The van der Waals surface area contributed by atoms with Crippen molar-refractivity contribution in [3.63, 3.8) is 0 Å². The minimum absolute atomic E-state index is 0.730. The van der Waals surface area contributed by atoms with E-state index < -0.39 is 0 Å². The average Bonchev–Trinajstić information content (AvgIpc) is 2.50. The summed E-state index contributed by atoms with van der Waals surface area (Å²) in [6.45, 7) is 8.04. The Morgan fingerprint density at radius 3 is 2.95 bits per heavy atom. The molecule has 1 aliphatic rings. The van der Waals surface area contributed by atoms with Crippen molar-refractivity contribution in [3.8, 4) is 0 Å². The van der Waals surface area contributed by atoms with Crippen LogP contribution in [0.4, 0.5) is 5.69 Å². The van der Waals surface area contributed by atoms with Crippen LogP contribution in [0.1, 0.15) is 45.1 Å². The van der Waals surface area contributed by atoms with Crippen molar-refractivity contribution >= 4 is 5.69 Å². The number of nitrogens with one attached hydrogen (secondary N) is 2. The second-order valence-electron chi connectivity index (χ2n) is 6.18. The van der Waals surface area contributed by atoms with Gasteiger partial charge < -0.3 is 10.6 Å². The Balaban J connectivity index is 1.70. The molecule has 2 unspecified atom stereocenters. The third-order valence-corrected chi connectivity index (χ3v) is 4.52. The zero-order chi connectivity index (χ0) is 14.2. The molecule has 1 aliphatic heterocycles. The van der Waals surface area contributed by atoms with Gasteiger partial charge in [0.15, 0.2) is 0 Å². The fraction of sp³-hybridized carbons (Fsp3) is 0.667.